The van der Waals surface area contributed by atoms with E-state index in [2.05, 4.69) is 27.6 Å². The van der Waals surface area contributed by atoms with Gasteiger partial charge in [0, 0.05) is 13.0 Å². The summed E-state index contributed by atoms with van der Waals surface area (Å²) in [6.07, 6.45) is 2.26. The zero-order chi connectivity index (χ0) is 18.5. The maximum absolute atomic E-state index is 12.7. The Balaban J connectivity index is 1.64. The Hall–Kier alpha value is -2.96. The minimum absolute atomic E-state index is 0.0547. The molecule has 2 aromatic heterocycles. The van der Waals surface area contributed by atoms with Gasteiger partial charge in [0.15, 0.2) is 0 Å². The normalized spacial score (nSPS) is 11.0. The molecule has 2 heterocycles. The summed E-state index contributed by atoms with van der Waals surface area (Å²) < 4.78 is 6.48. The second-order valence-electron chi connectivity index (χ2n) is 6.16. The standard InChI is InChI=1S/C19H22N4O3/c1-3-15-21-18-17(13(2)22-26-18)19(25)23(15)12-16(24)20-11-7-10-14-8-5-4-6-9-14/h4-6,8-9H,3,7,10-12H2,1-2H3,(H,20,24). The van der Waals surface area contributed by atoms with Gasteiger partial charge in [0.1, 0.15) is 17.8 Å². The molecule has 7 nitrogen and oxygen atoms in total. The van der Waals surface area contributed by atoms with Crippen LogP contribution in [-0.4, -0.2) is 27.2 Å². The van der Waals surface area contributed by atoms with Crippen LogP contribution in [0.5, 0.6) is 0 Å². The van der Waals surface area contributed by atoms with Crippen molar-refractivity contribution in [1.82, 2.24) is 20.0 Å². The zero-order valence-electron chi connectivity index (χ0n) is 15.0. The van der Waals surface area contributed by atoms with E-state index in [1.807, 2.05) is 25.1 Å². The van der Waals surface area contributed by atoms with Gasteiger partial charge in [-0.25, -0.2) is 0 Å². The van der Waals surface area contributed by atoms with E-state index < -0.39 is 0 Å². The van der Waals surface area contributed by atoms with E-state index in [4.69, 9.17) is 4.52 Å². The van der Waals surface area contributed by atoms with Gasteiger partial charge in [0.05, 0.1) is 5.69 Å². The molecule has 26 heavy (non-hydrogen) atoms. The Morgan fingerprint density at radius 3 is 2.77 bits per heavy atom. The number of carbonyl (C=O) groups excluding carboxylic acids is 1. The maximum Gasteiger partial charge on any atom is 0.267 e. The molecule has 0 saturated carbocycles. The Kier molecular flexibility index (Phi) is 5.46. The third-order valence-electron chi connectivity index (χ3n) is 4.27. The van der Waals surface area contributed by atoms with Crippen molar-refractivity contribution in [1.29, 1.82) is 0 Å². The molecule has 0 spiro atoms. The van der Waals surface area contributed by atoms with Crippen LogP contribution in [0.1, 0.15) is 30.4 Å². The maximum atomic E-state index is 12.7. The SMILES string of the molecule is CCc1nc2onc(C)c2c(=O)n1CC(=O)NCCCc1ccccc1. The molecule has 0 unspecified atom stereocenters. The largest absolute Gasteiger partial charge is 0.355 e. The summed E-state index contributed by atoms with van der Waals surface area (Å²) in [5.41, 5.74) is 1.66. The van der Waals surface area contributed by atoms with E-state index >= 15 is 0 Å². The van der Waals surface area contributed by atoms with Crippen molar-refractivity contribution < 1.29 is 9.32 Å². The number of aryl methyl sites for hydroxylation is 3. The van der Waals surface area contributed by atoms with Crippen LogP contribution in [0.4, 0.5) is 0 Å². The van der Waals surface area contributed by atoms with Gasteiger partial charge in [-0.3, -0.25) is 14.2 Å². The Morgan fingerprint density at radius 2 is 2.04 bits per heavy atom. The molecule has 0 saturated heterocycles. The molecule has 136 valence electrons. The highest BCUT2D eigenvalue weighted by Gasteiger charge is 2.17. The lowest BCUT2D eigenvalue weighted by Crippen LogP contribution is -2.35. The first kappa shape index (κ1) is 17.8. The average molecular weight is 354 g/mol. The first-order valence-electron chi connectivity index (χ1n) is 8.76. The van der Waals surface area contributed by atoms with Gasteiger partial charge >= 0.3 is 0 Å². The van der Waals surface area contributed by atoms with Crippen LogP contribution in [0.3, 0.4) is 0 Å². The fourth-order valence-electron chi connectivity index (χ4n) is 2.91. The van der Waals surface area contributed by atoms with Gasteiger partial charge in [0.2, 0.25) is 5.91 Å². The number of rotatable bonds is 7. The lowest BCUT2D eigenvalue weighted by Gasteiger charge is -2.11. The summed E-state index contributed by atoms with van der Waals surface area (Å²) in [5, 5.41) is 6.99. The van der Waals surface area contributed by atoms with E-state index in [1.54, 1.807) is 6.92 Å². The lowest BCUT2D eigenvalue weighted by molar-refractivity contribution is -0.121. The van der Waals surface area contributed by atoms with E-state index in [-0.39, 0.29) is 23.7 Å². The van der Waals surface area contributed by atoms with Crippen molar-refractivity contribution >= 4 is 17.0 Å². The Bertz CT molecular complexity index is 960. The molecular formula is C19H22N4O3. The van der Waals surface area contributed by atoms with E-state index in [0.717, 1.165) is 12.8 Å². The van der Waals surface area contributed by atoms with Crippen molar-refractivity contribution in [2.24, 2.45) is 0 Å². The van der Waals surface area contributed by atoms with Gasteiger partial charge in [-0.2, -0.15) is 4.98 Å². The highest BCUT2D eigenvalue weighted by molar-refractivity contribution is 5.77. The smallest absolute Gasteiger partial charge is 0.267 e. The molecule has 1 amide bonds. The van der Waals surface area contributed by atoms with Gasteiger partial charge in [-0.15, -0.1) is 0 Å². The highest BCUT2D eigenvalue weighted by atomic mass is 16.5. The van der Waals surface area contributed by atoms with Crippen LogP contribution in [0.15, 0.2) is 39.6 Å². The average Bonchev–Trinajstić information content (AvgIpc) is 3.02. The third-order valence-corrected chi connectivity index (χ3v) is 4.27. The monoisotopic (exact) mass is 354 g/mol. The number of amides is 1. The topological polar surface area (TPSA) is 90.0 Å². The number of nitrogens with one attached hydrogen (secondary N) is 1. The minimum atomic E-state index is -0.287. The van der Waals surface area contributed by atoms with E-state index in [0.29, 0.717) is 29.9 Å². The quantitative estimate of drug-likeness (QED) is 0.656. The lowest BCUT2D eigenvalue weighted by atomic mass is 10.1. The summed E-state index contributed by atoms with van der Waals surface area (Å²) in [6, 6.07) is 10.1. The molecule has 3 rings (SSSR count). The second kappa shape index (κ2) is 7.95. The highest BCUT2D eigenvalue weighted by Crippen LogP contribution is 2.12. The molecule has 0 atom stereocenters. The first-order valence-corrected chi connectivity index (χ1v) is 8.76. The molecular weight excluding hydrogens is 332 g/mol. The number of hydrogen-bond acceptors (Lipinski definition) is 5. The predicted octanol–water partition coefficient (Wildman–Crippen LogP) is 2.00. The van der Waals surface area contributed by atoms with Gasteiger partial charge in [-0.05, 0) is 25.3 Å². The van der Waals surface area contributed by atoms with E-state index in [1.165, 1.54) is 10.1 Å². The fourth-order valence-corrected chi connectivity index (χ4v) is 2.91. The van der Waals surface area contributed by atoms with Crippen LogP contribution >= 0.6 is 0 Å². The van der Waals surface area contributed by atoms with Crippen LogP contribution < -0.4 is 10.9 Å². The number of carbonyl (C=O) groups is 1. The molecule has 0 aliphatic rings. The number of aromatic nitrogens is 3. The van der Waals surface area contributed by atoms with Gasteiger partial charge < -0.3 is 9.84 Å². The van der Waals surface area contributed by atoms with Crippen molar-refractivity contribution in [3.8, 4) is 0 Å². The minimum Gasteiger partial charge on any atom is -0.355 e. The molecule has 0 radical (unpaired) electrons. The van der Waals surface area contributed by atoms with E-state index in [9.17, 15) is 9.59 Å². The van der Waals surface area contributed by atoms with Crippen LogP contribution in [0.2, 0.25) is 0 Å². The van der Waals surface area contributed by atoms with Crippen molar-refractivity contribution in [3.63, 3.8) is 0 Å². The number of hydrogen-bond donors (Lipinski definition) is 1. The van der Waals surface area contributed by atoms with Crippen molar-refractivity contribution in [3.05, 3.63) is 57.8 Å². The number of benzene rings is 1. The molecule has 0 fully saturated rings. The van der Waals surface area contributed by atoms with Gasteiger partial charge in [-0.1, -0.05) is 42.4 Å². The summed E-state index contributed by atoms with van der Waals surface area (Å²) in [6.45, 7) is 4.08. The molecule has 7 heteroatoms. The Labute approximate surface area is 151 Å². The molecule has 3 aromatic rings. The molecule has 1 N–H and O–H groups in total. The fraction of sp³-hybridized carbons (Fsp3) is 0.368. The number of fused-ring (bicyclic) bond motifs is 1. The van der Waals surface area contributed by atoms with Crippen LogP contribution in [-0.2, 0) is 24.2 Å². The molecule has 1 aromatic carbocycles. The van der Waals surface area contributed by atoms with Crippen molar-refractivity contribution in [2.45, 2.75) is 39.7 Å². The predicted molar refractivity (Wildman–Crippen MR) is 98.0 cm³/mol. The summed E-state index contributed by atoms with van der Waals surface area (Å²) in [7, 11) is 0. The van der Waals surface area contributed by atoms with Crippen LogP contribution in [0, 0.1) is 6.92 Å². The van der Waals surface area contributed by atoms with Crippen LogP contribution in [0.25, 0.3) is 11.1 Å². The third kappa shape index (κ3) is 3.82. The van der Waals surface area contributed by atoms with Crippen molar-refractivity contribution in [2.75, 3.05) is 6.54 Å². The summed E-state index contributed by atoms with van der Waals surface area (Å²) >= 11 is 0. The Morgan fingerprint density at radius 1 is 1.27 bits per heavy atom. The molecule has 0 aliphatic heterocycles. The summed E-state index contributed by atoms with van der Waals surface area (Å²) in [4.78, 5) is 29.3. The molecule has 0 aliphatic carbocycles. The summed E-state index contributed by atoms with van der Waals surface area (Å²) in [5.74, 6) is 0.309. The first-order chi connectivity index (χ1) is 12.6. The number of nitrogens with zero attached hydrogens (tertiary/aromatic N) is 3. The second-order valence-corrected chi connectivity index (χ2v) is 6.16. The molecule has 0 bridgehead atoms. The zero-order valence-corrected chi connectivity index (χ0v) is 15.0. The van der Waals surface area contributed by atoms with Gasteiger partial charge in [0.25, 0.3) is 11.3 Å².